The molecular weight excluding hydrogens is 494 g/mol. The second kappa shape index (κ2) is 9.82. The van der Waals surface area contributed by atoms with Crippen LogP contribution in [0.15, 0.2) is 59.3 Å². The van der Waals surface area contributed by atoms with E-state index >= 15 is 0 Å². The fourth-order valence-electron chi connectivity index (χ4n) is 2.39. The van der Waals surface area contributed by atoms with Crippen molar-refractivity contribution in [1.82, 2.24) is 20.8 Å². The molecule has 0 aliphatic carbocycles. The van der Waals surface area contributed by atoms with E-state index in [1.165, 1.54) is 12.1 Å². The van der Waals surface area contributed by atoms with Gasteiger partial charge >= 0.3 is 5.69 Å². The van der Waals surface area contributed by atoms with E-state index in [1.807, 2.05) is 0 Å². The van der Waals surface area contributed by atoms with Gasteiger partial charge in [0, 0.05) is 4.47 Å². The van der Waals surface area contributed by atoms with E-state index in [0.717, 1.165) is 6.33 Å². The zero-order valence-corrected chi connectivity index (χ0v) is 17.8. The second-order valence-electron chi connectivity index (χ2n) is 5.79. The summed E-state index contributed by atoms with van der Waals surface area (Å²) in [6, 6.07) is 12.9. The normalized spacial score (nSPS) is 10.1. The predicted octanol–water partition coefficient (Wildman–Crippen LogP) is 3.31. The minimum Gasteiger partial charge on any atom is -0.276 e. The first-order valence-electron chi connectivity index (χ1n) is 8.49. The van der Waals surface area contributed by atoms with Crippen molar-refractivity contribution in [3.63, 3.8) is 0 Å². The maximum absolute atomic E-state index is 12.3. The Morgan fingerprint density at radius 2 is 1.42 bits per heavy atom. The lowest BCUT2D eigenvalue weighted by Crippen LogP contribution is -2.32. The average Bonchev–Trinajstić information content (AvgIpc) is 2.76. The fraction of sp³-hybridized carbons (Fsp3) is 0. The molecule has 2 amide bonds. The van der Waals surface area contributed by atoms with Crippen LogP contribution < -0.4 is 21.7 Å². The quantitative estimate of drug-likeness (QED) is 0.281. The van der Waals surface area contributed by atoms with Crippen molar-refractivity contribution in [2.75, 3.05) is 10.9 Å². The lowest BCUT2D eigenvalue weighted by atomic mass is 10.2. The molecule has 3 aromatic rings. The Morgan fingerprint density at radius 1 is 0.903 bits per heavy atom. The SMILES string of the molecule is O=C(NNc1ncnc(NNC(=O)c2ccccc2Br)c1[N+](=O)[O-])c1ccccc1Cl. The molecule has 0 aliphatic rings. The maximum Gasteiger partial charge on any atom is 0.356 e. The molecule has 0 bridgehead atoms. The van der Waals surface area contributed by atoms with Crippen molar-refractivity contribution in [1.29, 1.82) is 0 Å². The molecule has 0 unspecified atom stereocenters. The first-order valence-corrected chi connectivity index (χ1v) is 9.66. The summed E-state index contributed by atoms with van der Waals surface area (Å²) in [5.74, 6) is -1.79. The van der Waals surface area contributed by atoms with Crippen LogP contribution in [0, 0.1) is 10.1 Å². The van der Waals surface area contributed by atoms with Gasteiger partial charge in [-0.05, 0) is 40.2 Å². The monoisotopic (exact) mass is 505 g/mol. The molecule has 1 aromatic heterocycles. The number of anilines is 2. The third-order valence-electron chi connectivity index (χ3n) is 3.83. The molecule has 0 spiro atoms. The van der Waals surface area contributed by atoms with Gasteiger partial charge in [-0.3, -0.25) is 41.4 Å². The van der Waals surface area contributed by atoms with Gasteiger partial charge in [0.2, 0.25) is 11.6 Å². The van der Waals surface area contributed by atoms with Gasteiger partial charge in [0.05, 0.1) is 21.1 Å². The van der Waals surface area contributed by atoms with E-state index < -0.39 is 22.4 Å². The molecule has 0 saturated heterocycles. The van der Waals surface area contributed by atoms with Gasteiger partial charge in [0.1, 0.15) is 6.33 Å². The smallest absolute Gasteiger partial charge is 0.276 e. The molecule has 0 saturated carbocycles. The summed E-state index contributed by atoms with van der Waals surface area (Å²) < 4.78 is 0.538. The highest BCUT2D eigenvalue weighted by Crippen LogP contribution is 2.28. The Morgan fingerprint density at radius 3 is 1.97 bits per heavy atom. The van der Waals surface area contributed by atoms with Gasteiger partial charge in [-0.2, -0.15) is 0 Å². The minimum absolute atomic E-state index is 0.160. The van der Waals surface area contributed by atoms with Gasteiger partial charge in [-0.15, -0.1) is 0 Å². The fourth-order valence-corrected chi connectivity index (χ4v) is 3.08. The van der Waals surface area contributed by atoms with E-state index in [9.17, 15) is 19.7 Å². The van der Waals surface area contributed by atoms with Gasteiger partial charge < -0.3 is 0 Å². The van der Waals surface area contributed by atoms with Crippen LogP contribution in [0.4, 0.5) is 17.3 Å². The number of benzene rings is 2. The lowest BCUT2D eigenvalue weighted by Gasteiger charge is -2.12. The summed E-state index contributed by atoms with van der Waals surface area (Å²) >= 11 is 9.21. The van der Waals surface area contributed by atoms with Crippen molar-refractivity contribution in [3.8, 4) is 0 Å². The number of amides is 2. The lowest BCUT2D eigenvalue weighted by molar-refractivity contribution is -0.383. The van der Waals surface area contributed by atoms with Crippen LogP contribution in [0.5, 0.6) is 0 Å². The molecule has 0 radical (unpaired) electrons. The maximum atomic E-state index is 12.3. The first kappa shape index (κ1) is 21.9. The number of nitrogens with zero attached hydrogens (tertiary/aromatic N) is 3. The molecule has 2 aromatic carbocycles. The van der Waals surface area contributed by atoms with Gasteiger partial charge in [0.25, 0.3) is 11.8 Å². The van der Waals surface area contributed by atoms with Crippen LogP contribution in [0.1, 0.15) is 20.7 Å². The van der Waals surface area contributed by atoms with Crippen molar-refractivity contribution in [3.05, 3.63) is 85.6 Å². The number of hydrogen-bond acceptors (Lipinski definition) is 8. The van der Waals surface area contributed by atoms with E-state index in [0.29, 0.717) is 10.0 Å². The largest absolute Gasteiger partial charge is 0.356 e. The van der Waals surface area contributed by atoms with Gasteiger partial charge in [-0.25, -0.2) is 9.97 Å². The number of hydrazine groups is 2. The number of nitrogens with one attached hydrogen (secondary N) is 4. The third-order valence-corrected chi connectivity index (χ3v) is 4.85. The van der Waals surface area contributed by atoms with E-state index in [-0.39, 0.29) is 22.2 Å². The van der Waals surface area contributed by atoms with Crippen molar-refractivity contribution >= 4 is 56.7 Å². The highest BCUT2D eigenvalue weighted by Gasteiger charge is 2.24. The molecule has 4 N–H and O–H groups in total. The number of rotatable bonds is 7. The highest BCUT2D eigenvalue weighted by atomic mass is 79.9. The van der Waals surface area contributed by atoms with Gasteiger partial charge in [-0.1, -0.05) is 35.9 Å². The Labute approximate surface area is 188 Å². The summed E-state index contributed by atoms with van der Waals surface area (Å²) in [7, 11) is 0. The summed E-state index contributed by atoms with van der Waals surface area (Å²) in [4.78, 5) is 42.9. The topological polar surface area (TPSA) is 151 Å². The molecule has 1 heterocycles. The van der Waals surface area contributed by atoms with Crippen LogP contribution >= 0.6 is 27.5 Å². The molecular formula is C18H13BrClN7O4. The van der Waals surface area contributed by atoms with E-state index in [2.05, 4.69) is 47.6 Å². The van der Waals surface area contributed by atoms with Crippen molar-refractivity contribution in [2.24, 2.45) is 0 Å². The molecule has 13 heteroatoms. The number of carbonyl (C=O) groups excluding carboxylic acids is 2. The molecule has 11 nitrogen and oxygen atoms in total. The minimum atomic E-state index is -0.767. The van der Waals surface area contributed by atoms with Crippen molar-refractivity contribution in [2.45, 2.75) is 0 Å². The van der Waals surface area contributed by atoms with Crippen LogP contribution in [-0.2, 0) is 0 Å². The summed E-state index contributed by atoms with van der Waals surface area (Å²) in [6.45, 7) is 0. The predicted molar refractivity (Wildman–Crippen MR) is 116 cm³/mol. The Balaban J connectivity index is 1.76. The third kappa shape index (κ3) is 5.24. The molecule has 0 atom stereocenters. The Kier molecular flexibility index (Phi) is 6.95. The average molecular weight is 507 g/mol. The van der Waals surface area contributed by atoms with Crippen LogP contribution in [-0.4, -0.2) is 26.7 Å². The molecule has 3 rings (SSSR count). The molecule has 0 aliphatic heterocycles. The number of hydrogen-bond donors (Lipinski definition) is 4. The zero-order valence-electron chi connectivity index (χ0n) is 15.4. The van der Waals surface area contributed by atoms with Crippen LogP contribution in [0.25, 0.3) is 0 Å². The summed E-state index contributed by atoms with van der Waals surface area (Å²) in [5.41, 5.74) is 9.26. The highest BCUT2D eigenvalue weighted by molar-refractivity contribution is 9.10. The van der Waals surface area contributed by atoms with E-state index in [1.54, 1.807) is 36.4 Å². The molecule has 158 valence electrons. The Bertz CT molecular complexity index is 1080. The van der Waals surface area contributed by atoms with Crippen LogP contribution in [0.3, 0.4) is 0 Å². The Hall–Kier alpha value is -3.77. The second-order valence-corrected chi connectivity index (χ2v) is 7.06. The summed E-state index contributed by atoms with van der Waals surface area (Å²) in [6.07, 6.45) is 1.02. The standard InChI is InChI=1S/C18H13BrClN7O4/c19-12-7-3-1-5-10(12)17(28)25-23-15-14(27(30)31)16(22-9-21-15)24-26-18(29)11-6-2-4-8-13(11)20/h1-9H,(H,25,28)(H,26,29)(H2,21,22,23,24). The zero-order chi connectivity index (χ0) is 22.4. The van der Waals surface area contributed by atoms with Crippen molar-refractivity contribution < 1.29 is 14.5 Å². The number of carbonyl (C=O) groups is 2. The van der Waals surface area contributed by atoms with E-state index in [4.69, 9.17) is 11.6 Å². The first-order chi connectivity index (χ1) is 14.9. The molecule has 0 fully saturated rings. The number of nitro groups is 1. The molecule has 31 heavy (non-hydrogen) atoms. The number of aromatic nitrogens is 2. The summed E-state index contributed by atoms with van der Waals surface area (Å²) in [5, 5.41) is 11.8. The van der Waals surface area contributed by atoms with Crippen LogP contribution in [0.2, 0.25) is 5.02 Å². The number of halogens is 2. The van der Waals surface area contributed by atoms with Gasteiger partial charge in [0.15, 0.2) is 0 Å².